The van der Waals surface area contributed by atoms with Crippen LogP contribution < -0.4 is 16.0 Å². The van der Waals surface area contributed by atoms with Crippen molar-refractivity contribution in [3.63, 3.8) is 0 Å². The first-order chi connectivity index (χ1) is 9.79. The van der Waals surface area contributed by atoms with Crippen LogP contribution in [-0.4, -0.2) is 9.97 Å². The summed E-state index contributed by atoms with van der Waals surface area (Å²) in [5.41, 5.74) is 2.78. The number of anilines is 1. The molecule has 2 rings (SSSR count). The van der Waals surface area contributed by atoms with E-state index in [2.05, 4.69) is 15.4 Å². The first-order valence-corrected chi connectivity index (χ1v) is 6.60. The number of ether oxygens (including phenoxy) is 1. The van der Waals surface area contributed by atoms with Crippen molar-refractivity contribution >= 4 is 5.82 Å². The average Bonchev–Trinajstić information content (AvgIpc) is 2.41. The van der Waals surface area contributed by atoms with E-state index in [-0.39, 0.29) is 11.2 Å². The lowest BCUT2D eigenvalue weighted by molar-refractivity contribution is 0.442. The number of nitrogens with one attached hydrogen (secondary N) is 1. The summed E-state index contributed by atoms with van der Waals surface area (Å²) in [4.78, 5) is 8.64. The number of aromatic nitrogens is 2. The minimum absolute atomic E-state index is 0.260. The number of hydrogen-bond acceptors (Lipinski definition) is 5. The van der Waals surface area contributed by atoms with E-state index in [4.69, 9.17) is 10.6 Å². The molecule has 0 atom stereocenters. The third-order valence-electron chi connectivity index (χ3n) is 2.89. The molecule has 5 nitrogen and oxygen atoms in total. The maximum Gasteiger partial charge on any atom is 0.224 e. The average molecular weight is 290 g/mol. The molecule has 0 saturated carbocycles. The smallest absolute Gasteiger partial charge is 0.224 e. The molecule has 0 fully saturated rings. The Labute approximate surface area is 123 Å². The predicted octanol–water partition coefficient (Wildman–Crippen LogP) is 3.30. The van der Waals surface area contributed by atoms with Crippen molar-refractivity contribution < 1.29 is 9.13 Å². The number of nitrogen functional groups attached to an aromatic ring is 1. The fourth-order valence-electron chi connectivity index (χ4n) is 1.64. The fourth-order valence-corrected chi connectivity index (χ4v) is 1.64. The molecule has 0 aliphatic heterocycles. The Kier molecular flexibility index (Phi) is 4.09. The third kappa shape index (κ3) is 3.66. The summed E-state index contributed by atoms with van der Waals surface area (Å²) in [5.74, 6) is 6.80. The Morgan fingerprint density at radius 2 is 1.90 bits per heavy atom. The van der Waals surface area contributed by atoms with Crippen LogP contribution in [0.3, 0.4) is 0 Å². The molecule has 6 heteroatoms. The van der Waals surface area contributed by atoms with Crippen LogP contribution in [0.5, 0.6) is 11.6 Å². The van der Waals surface area contributed by atoms with Crippen LogP contribution >= 0.6 is 0 Å². The Bertz CT molecular complexity index is 653. The quantitative estimate of drug-likeness (QED) is 0.670. The molecule has 1 aromatic carbocycles. The summed E-state index contributed by atoms with van der Waals surface area (Å²) in [6, 6.07) is 6.22. The van der Waals surface area contributed by atoms with Gasteiger partial charge in [-0.1, -0.05) is 26.8 Å². The van der Waals surface area contributed by atoms with E-state index in [1.54, 1.807) is 25.1 Å². The van der Waals surface area contributed by atoms with Crippen molar-refractivity contribution in [2.24, 2.45) is 5.84 Å². The topological polar surface area (TPSA) is 73.1 Å². The van der Waals surface area contributed by atoms with Gasteiger partial charge in [-0.05, 0) is 18.6 Å². The van der Waals surface area contributed by atoms with Crippen LogP contribution in [-0.2, 0) is 5.41 Å². The highest BCUT2D eigenvalue weighted by atomic mass is 19.1. The van der Waals surface area contributed by atoms with Crippen molar-refractivity contribution in [1.29, 1.82) is 0 Å². The van der Waals surface area contributed by atoms with Crippen molar-refractivity contribution in [2.45, 2.75) is 33.1 Å². The molecule has 3 N–H and O–H groups in total. The Morgan fingerprint density at radius 1 is 1.19 bits per heavy atom. The van der Waals surface area contributed by atoms with Crippen molar-refractivity contribution in [1.82, 2.24) is 9.97 Å². The second-order valence-electron chi connectivity index (χ2n) is 5.82. The molecule has 21 heavy (non-hydrogen) atoms. The van der Waals surface area contributed by atoms with Gasteiger partial charge in [-0.3, -0.25) is 0 Å². The highest BCUT2D eigenvalue weighted by Gasteiger charge is 2.19. The second kappa shape index (κ2) is 5.65. The molecule has 0 saturated heterocycles. The zero-order valence-electron chi connectivity index (χ0n) is 12.6. The number of nitrogens with zero attached hydrogens (tertiary/aromatic N) is 2. The van der Waals surface area contributed by atoms with Crippen LogP contribution in [0.15, 0.2) is 24.3 Å². The molecular formula is C15H19FN4O. The predicted molar refractivity (Wildman–Crippen MR) is 79.8 cm³/mol. The van der Waals surface area contributed by atoms with E-state index in [0.717, 1.165) is 0 Å². The first-order valence-electron chi connectivity index (χ1n) is 6.60. The molecule has 1 heterocycles. The van der Waals surface area contributed by atoms with Crippen LogP contribution in [0, 0.1) is 12.7 Å². The second-order valence-corrected chi connectivity index (χ2v) is 5.82. The van der Waals surface area contributed by atoms with E-state index in [1.165, 1.54) is 6.07 Å². The first kappa shape index (κ1) is 15.2. The van der Waals surface area contributed by atoms with Gasteiger partial charge in [0.25, 0.3) is 0 Å². The number of nitrogens with two attached hydrogens (primary N) is 1. The van der Waals surface area contributed by atoms with Gasteiger partial charge >= 0.3 is 0 Å². The lowest BCUT2D eigenvalue weighted by Gasteiger charge is -2.18. The summed E-state index contributed by atoms with van der Waals surface area (Å²) in [6.07, 6.45) is 0. The van der Waals surface area contributed by atoms with Gasteiger partial charge in [-0.15, -0.1) is 0 Å². The summed E-state index contributed by atoms with van der Waals surface area (Å²) in [5, 5.41) is 0. The number of halogens is 1. The van der Waals surface area contributed by atoms with Crippen LogP contribution in [0.1, 0.15) is 32.2 Å². The van der Waals surface area contributed by atoms with E-state index in [9.17, 15) is 4.39 Å². The molecule has 2 aromatic rings. The molecule has 112 valence electrons. The normalized spacial score (nSPS) is 11.3. The number of hydrogen-bond donors (Lipinski definition) is 2. The Hall–Kier alpha value is -2.21. The largest absolute Gasteiger partial charge is 0.439 e. The summed E-state index contributed by atoms with van der Waals surface area (Å²) in [7, 11) is 0. The van der Waals surface area contributed by atoms with Gasteiger partial charge < -0.3 is 10.2 Å². The van der Waals surface area contributed by atoms with Crippen LogP contribution in [0.4, 0.5) is 10.2 Å². The highest BCUT2D eigenvalue weighted by molar-refractivity contribution is 5.40. The highest BCUT2D eigenvalue weighted by Crippen LogP contribution is 2.27. The molecule has 0 aliphatic rings. The summed E-state index contributed by atoms with van der Waals surface area (Å²) < 4.78 is 19.2. The minimum Gasteiger partial charge on any atom is -0.439 e. The van der Waals surface area contributed by atoms with Gasteiger partial charge in [0.05, 0.1) is 0 Å². The van der Waals surface area contributed by atoms with Gasteiger partial charge in [0, 0.05) is 17.5 Å². The molecular weight excluding hydrogens is 271 g/mol. The third-order valence-corrected chi connectivity index (χ3v) is 2.89. The molecule has 0 radical (unpaired) electrons. The molecule has 0 bridgehead atoms. The fraction of sp³-hybridized carbons (Fsp3) is 0.333. The lowest BCUT2D eigenvalue weighted by Crippen LogP contribution is -2.19. The van der Waals surface area contributed by atoms with Crippen LogP contribution in [0.25, 0.3) is 0 Å². The zero-order valence-corrected chi connectivity index (χ0v) is 12.6. The molecule has 1 aromatic heterocycles. The van der Waals surface area contributed by atoms with Gasteiger partial charge in [-0.25, -0.2) is 15.2 Å². The summed E-state index contributed by atoms with van der Waals surface area (Å²) >= 11 is 0. The minimum atomic E-state index is -0.324. The van der Waals surface area contributed by atoms with Crippen molar-refractivity contribution in [2.75, 3.05) is 5.43 Å². The molecule has 0 unspecified atom stereocenters. The molecule has 0 aliphatic carbocycles. The lowest BCUT2D eigenvalue weighted by atomic mass is 9.96. The summed E-state index contributed by atoms with van der Waals surface area (Å²) in [6.45, 7) is 7.64. The standard InChI is InChI=1S/C15H19FN4O/c1-9-5-6-10(7-11(9)16)21-13-8-12(20-17)18-14(19-13)15(2,3)4/h5-8H,17H2,1-4H3,(H,18,19,20). The van der Waals surface area contributed by atoms with Crippen molar-refractivity contribution in [3.8, 4) is 11.6 Å². The number of benzene rings is 1. The SMILES string of the molecule is Cc1ccc(Oc2cc(NN)nc(C(C)(C)C)n2)cc1F. The molecule has 0 amide bonds. The van der Waals surface area contributed by atoms with E-state index >= 15 is 0 Å². The van der Waals surface area contributed by atoms with Gasteiger partial charge in [-0.2, -0.15) is 4.98 Å². The van der Waals surface area contributed by atoms with Crippen molar-refractivity contribution in [3.05, 3.63) is 41.5 Å². The zero-order chi connectivity index (χ0) is 15.6. The maximum absolute atomic E-state index is 13.6. The monoisotopic (exact) mass is 290 g/mol. The molecule has 0 spiro atoms. The number of hydrazine groups is 1. The van der Waals surface area contributed by atoms with E-state index in [0.29, 0.717) is 28.8 Å². The van der Waals surface area contributed by atoms with Gasteiger partial charge in [0.15, 0.2) is 0 Å². The Morgan fingerprint density at radius 3 is 2.48 bits per heavy atom. The maximum atomic E-state index is 13.6. The number of rotatable bonds is 3. The van der Waals surface area contributed by atoms with E-state index in [1.807, 2.05) is 20.8 Å². The van der Waals surface area contributed by atoms with Crippen LogP contribution in [0.2, 0.25) is 0 Å². The van der Waals surface area contributed by atoms with Gasteiger partial charge in [0.1, 0.15) is 23.2 Å². The Balaban J connectivity index is 2.36. The van der Waals surface area contributed by atoms with Gasteiger partial charge in [0.2, 0.25) is 5.88 Å². The van der Waals surface area contributed by atoms with E-state index < -0.39 is 0 Å². The number of aryl methyl sites for hydroxylation is 1.